The van der Waals surface area contributed by atoms with Crippen molar-refractivity contribution < 1.29 is 9.53 Å². The molecule has 2 aliphatic rings. The second-order valence-electron chi connectivity index (χ2n) is 6.59. The van der Waals surface area contributed by atoms with Crippen LogP contribution in [0.3, 0.4) is 0 Å². The standard InChI is InChI=1S/C18H25BrN2O2.ClH/c1-2-21(11-12-23-15-5-3-14(19)4-6-15)17(22)16-13-18(16)7-9-20-10-8-18;/h3-6,16,20H,2,7-13H2,1H3;1H. The smallest absolute Gasteiger partial charge is 0.226 e. The molecule has 2 fully saturated rings. The summed E-state index contributed by atoms with van der Waals surface area (Å²) in [7, 11) is 0. The van der Waals surface area contributed by atoms with Gasteiger partial charge in [-0.25, -0.2) is 0 Å². The molecular weight excluding hydrogens is 392 g/mol. The molecule has 1 saturated carbocycles. The minimum atomic E-state index is 0. The SMILES string of the molecule is CCN(CCOc1ccc(Br)cc1)C(=O)C1CC12CCNCC2.Cl. The lowest BCUT2D eigenvalue weighted by Gasteiger charge is -2.26. The van der Waals surface area contributed by atoms with Gasteiger partial charge in [0.05, 0.1) is 6.54 Å². The predicted octanol–water partition coefficient (Wildman–Crippen LogP) is 3.49. The molecule has 24 heavy (non-hydrogen) atoms. The Kier molecular flexibility index (Phi) is 6.96. The number of halogens is 2. The van der Waals surface area contributed by atoms with E-state index in [1.807, 2.05) is 29.2 Å². The van der Waals surface area contributed by atoms with E-state index < -0.39 is 0 Å². The van der Waals surface area contributed by atoms with E-state index in [2.05, 4.69) is 28.2 Å². The summed E-state index contributed by atoms with van der Waals surface area (Å²) >= 11 is 3.41. The van der Waals surface area contributed by atoms with Gasteiger partial charge >= 0.3 is 0 Å². The van der Waals surface area contributed by atoms with Gasteiger partial charge in [-0.3, -0.25) is 4.79 Å². The quantitative estimate of drug-likeness (QED) is 0.770. The van der Waals surface area contributed by atoms with Crippen LogP contribution in [0.15, 0.2) is 28.7 Å². The van der Waals surface area contributed by atoms with E-state index in [-0.39, 0.29) is 18.3 Å². The first-order chi connectivity index (χ1) is 11.1. The maximum Gasteiger partial charge on any atom is 0.226 e. The molecule has 0 bridgehead atoms. The third-order valence-corrected chi connectivity index (χ3v) is 5.75. The van der Waals surface area contributed by atoms with Crippen molar-refractivity contribution in [3.8, 4) is 5.75 Å². The number of carbonyl (C=O) groups is 1. The highest BCUT2D eigenvalue weighted by molar-refractivity contribution is 9.10. The van der Waals surface area contributed by atoms with Crippen LogP contribution in [0.5, 0.6) is 5.75 Å². The molecule has 0 radical (unpaired) electrons. The lowest BCUT2D eigenvalue weighted by molar-refractivity contribution is -0.133. The first-order valence-corrected chi connectivity index (χ1v) is 9.32. The Morgan fingerprint density at radius 2 is 2.00 bits per heavy atom. The van der Waals surface area contributed by atoms with Crippen LogP contribution in [0.1, 0.15) is 26.2 Å². The Morgan fingerprint density at radius 3 is 2.62 bits per heavy atom. The van der Waals surface area contributed by atoms with E-state index in [9.17, 15) is 4.79 Å². The number of carbonyl (C=O) groups excluding carboxylic acids is 1. The molecule has 3 rings (SSSR count). The van der Waals surface area contributed by atoms with Gasteiger partial charge in [-0.2, -0.15) is 0 Å². The van der Waals surface area contributed by atoms with Gasteiger partial charge in [-0.1, -0.05) is 15.9 Å². The molecule has 1 atom stereocenters. The minimum absolute atomic E-state index is 0. The topological polar surface area (TPSA) is 41.6 Å². The summed E-state index contributed by atoms with van der Waals surface area (Å²) in [5, 5.41) is 3.39. The fourth-order valence-electron chi connectivity index (χ4n) is 3.62. The number of nitrogens with one attached hydrogen (secondary N) is 1. The Labute approximate surface area is 158 Å². The number of nitrogens with zero attached hydrogens (tertiary/aromatic N) is 1. The number of likely N-dealkylation sites (N-methyl/N-ethyl adjacent to an activating group) is 1. The zero-order valence-electron chi connectivity index (χ0n) is 14.1. The van der Waals surface area contributed by atoms with Crippen molar-refractivity contribution in [1.29, 1.82) is 0 Å². The number of amides is 1. The second-order valence-corrected chi connectivity index (χ2v) is 7.51. The third kappa shape index (κ3) is 4.44. The molecule has 1 amide bonds. The van der Waals surface area contributed by atoms with Gasteiger partial charge in [0.2, 0.25) is 5.91 Å². The van der Waals surface area contributed by atoms with Gasteiger partial charge in [-0.05, 0) is 69.0 Å². The van der Waals surface area contributed by atoms with Crippen molar-refractivity contribution in [3.05, 3.63) is 28.7 Å². The molecule has 4 nitrogen and oxygen atoms in total. The second kappa shape index (κ2) is 8.54. The van der Waals surface area contributed by atoms with Gasteiger partial charge in [0.15, 0.2) is 0 Å². The van der Waals surface area contributed by atoms with Crippen LogP contribution in [0.25, 0.3) is 0 Å². The van der Waals surface area contributed by atoms with E-state index in [1.165, 1.54) is 0 Å². The molecule has 6 heteroatoms. The van der Waals surface area contributed by atoms with Gasteiger partial charge in [0, 0.05) is 16.9 Å². The van der Waals surface area contributed by atoms with Crippen LogP contribution in [-0.4, -0.2) is 43.6 Å². The van der Waals surface area contributed by atoms with Crippen LogP contribution in [-0.2, 0) is 4.79 Å². The van der Waals surface area contributed by atoms with E-state index in [0.29, 0.717) is 24.5 Å². The Hall–Kier alpha value is -0.780. The number of benzene rings is 1. The van der Waals surface area contributed by atoms with Gasteiger partial charge in [0.1, 0.15) is 12.4 Å². The van der Waals surface area contributed by atoms with Crippen LogP contribution < -0.4 is 10.1 Å². The Morgan fingerprint density at radius 1 is 1.33 bits per heavy atom. The van der Waals surface area contributed by atoms with Crippen LogP contribution >= 0.6 is 28.3 Å². The molecule has 1 aromatic carbocycles. The van der Waals surface area contributed by atoms with Crippen LogP contribution in [0, 0.1) is 11.3 Å². The summed E-state index contributed by atoms with van der Waals surface area (Å²) in [6.07, 6.45) is 3.38. The van der Waals surface area contributed by atoms with Gasteiger partial charge < -0.3 is 15.0 Å². The average Bonchev–Trinajstić information content (AvgIpc) is 3.26. The molecule has 0 aromatic heterocycles. The van der Waals surface area contributed by atoms with E-state index in [0.717, 1.165) is 49.1 Å². The van der Waals surface area contributed by atoms with E-state index in [1.54, 1.807) is 0 Å². The first-order valence-electron chi connectivity index (χ1n) is 8.52. The molecule has 1 N–H and O–H groups in total. The number of hydrogen-bond donors (Lipinski definition) is 1. The minimum Gasteiger partial charge on any atom is -0.492 e. The first kappa shape index (κ1) is 19.5. The lowest BCUT2D eigenvalue weighted by Crippen LogP contribution is -2.38. The number of piperidine rings is 1. The number of ether oxygens (including phenoxy) is 1. The maximum absolute atomic E-state index is 12.7. The molecule has 134 valence electrons. The molecule has 1 aromatic rings. The molecule has 1 saturated heterocycles. The number of hydrogen-bond acceptors (Lipinski definition) is 3. The monoisotopic (exact) mass is 416 g/mol. The lowest BCUT2D eigenvalue weighted by atomic mass is 9.91. The zero-order valence-corrected chi connectivity index (χ0v) is 16.5. The third-order valence-electron chi connectivity index (χ3n) is 5.22. The fraction of sp³-hybridized carbons (Fsp3) is 0.611. The van der Waals surface area contributed by atoms with Crippen LogP contribution in [0.2, 0.25) is 0 Å². The van der Waals surface area contributed by atoms with Gasteiger partial charge in [-0.15, -0.1) is 12.4 Å². The van der Waals surface area contributed by atoms with Crippen LogP contribution in [0.4, 0.5) is 0 Å². The summed E-state index contributed by atoms with van der Waals surface area (Å²) in [6, 6.07) is 7.80. The van der Waals surface area contributed by atoms with Crippen molar-refractivity contribution in [1.82, 2.24) is 10.2 Å². The van der Waals surface area contributed by atoms with Crippen molar-refractivity contribution in [3.63, 3.8) is 0 Å². The molecule has 1 aliphatic carbocycles. The fourth-order valence-corrected chi connectivity index (χ4v) is 3.89. The summed E-state index contributed by atoms with van der Waals surface area (Å²) in [6.45, 7) is 6.13. The van der Waals surface area contributed by atoms with Gasteiger partial charge in [0.25, 0.3) is 0 Å². The van der Waals surface area contributed by atoms with E-state index >= 15 is 0 Å². The highest BCUT2D eigenvalue weighted by Crippen LogP contribution is 2.59. The summed E-state index contributed by atoms with van der Waals surface area (Å²) in [5.41, 5.74) is 0.308. The molecule has 1 aliphatic heterocycles. The van der Waals surface area contributed by atoms with Crippen molar-refractivity contribution in [2.75, 3.05) is 32.8 Å². The molecular formula is C18H26BrClN2O2. The highest BCUT2D eigenvalue weighted by atomic mass is 79.9. The summed E-state index contributed by atoms with van der Waals surface area (Å²) in [5.74, 6) is 1.42. The summed E-state index contributed by atoms with van der Waals surface area (Å²) in [4.78, 5) is 14.7. The largest absolute Gasteiger partial charge is 0.492 e. The molecule has 1 heterocycles. The Bertz CT molecular complexity index is 546. The maximum atomic E-state index is 12.7. The number of rotatable bonds is 6. The highest BCUT2D eigenvalue weighted by Gasteiger charge is 2.58. The van der Waals surface area contributed by atoms with E-state index in [4.69, 9.17) is 4.74 Å². The van der Waals surface area contributed by atoms with Crippen molar-refractivity contribution in [2.24, 2.45) is 11.3 Å². The Balaban J connectivity index is 0.00000208. The zero-order chi connectivity index (χ0) is 16.3. The summed E-state index contributed by atoms with van der Waals surface area (Å²) < 4.78 is 6.79. The normalized spacial score (nSPS) is 21.0. The van der Waals surface area contributed by atoms with Crippen molar-refractivity contribution >= 4 is 34.2 Å². The molecule has 1 unspecified atom stereocenters. The predicted molar refractivity (Wildman–Crippen MR) is 102 cm³/mol. The average molecular weight is 418 g/mol. The molecule has 1 spiro atoms. The van der Waals surface area contributed by atoms with Crippen molar-refractivity contribution in [2.45, 2.75) is 26.2 Å².